The van der Waals surface area contributed by atoms with E-state index in [2.05, 4.69) is 15.6 Å². The molecule has 348 valence electrons. The summed E-state index contributed by atoms with van der Waals surface area (Å²) in [6, 6.07) is 24.2. The van der Waals surface area contributed by atoms with Gasteiger partial charge in [0, 0.05) is 36.1 Å². The van der Waals surface area contributed by atoms with E-state index in [0.717, 1.165) is 42.2 Å². The van der Waals surface area contributed by atoms with E-state index in [-0.39, 0.29) is 56.3 Å². The minimum Gasteiger partial charge on any atom is -0.508 e. The zero-order valence-corrected chi connectivity index (χ0v) is 39.2. The molecule has 0 aliphatic carbocycles. The largest absolute Gasteiger partial charge is 0.508 e. The van der Waals surface area contributed by atoms with Gasteiger partial charge in [-0.25, -0.2) is 9.37 Å². The fourth-order valence-corrected chi connectivity index (χ4v) is 9.61. The molecule has 0 bridgehead atoms. The molecule has 3 amide bonds. The number of β-amino-alcohol motifs (C(OH)–C–C–N with tert-alkyl or cyclic N) is 1. The van der Waals surface area contributed by atoms with Gasteiger partial charge in [-0.15, -0.1) is 22.7 Å². The molecule has 66 heavy (non-hydrogen) atoms. The second-order valence-electron chi connectivity index (χ2n) is 17.3. The molecule has 6 aromatic rings. The Morgan fingerprint density at radius 3 is 2.26 bits per heavy atom. The molecule has 4 aromatic carbocycles. The van der Waals surface area contributed by atoms with E-state index < -0.39 is 35.4 Å². The first-order chi connectivity index (χ1) is 31.6. The summed E-state index contributed by atoms with van der Waals surface area (Å²) in [5.41, 5.74) is 4.79. The Hall–Kier alpha value is -5.91. The highest BCUT2D eigenvalue weighted by atomic mass is 32.1. The second kappa shape index (κ2) is 21.6. The van der Waals surface area contributed by atoms with E-state index in [1.54, 1.807) is 53.8 Å². The molecule has 4 atom stereocenters. The summed E-state index contributed by atoms with van der Waals surface area (Å²) in [6.45, 7) is 10.2. The first-order valence-corrected chi connectivity index (χ1v) is 23.5. The van der Waals surface area contributed by atoms with E-state index in [1.165, 1.54) is 28.4 Å². The molecule has 4 N–H and O–H groups in total. The van der Waals surface area contributed by atoms with Crippen molar-refractivity contribution in [2.45, 2.75) is 71.7 Å². The van der Waals surface area contributed by atoms with Gasteiger partial charge in [0.2, 0.25) is 17.7 Å². The molecule has 1 fully saturated rings. The van der Waals surface area contributed by atoms with Crippen molar-refractivity contribution in [2.75, 3.05) is 39.6 Å². The van der Waals surface area contributed by atoms with Crippen molar-refractivity contribution < 1.29 is 47.9 Å². The van der Waals surface area contributed by atoms with Crippen molar-refractivity contribution in [1.82, 2.24) is 20.5 Å². The van der Waals surface area contributed by atoms with Crippen molar-refractivity contribution in [3.8, 4) is 43.9 Å². The van der Waals surface area contributed by atoms with Crippen LogP contribution in [0.5, 0.6) is 23.0 Å². The highest BCUT2D eigenvalue weighted by Gasteiger charge is 2.44. The van der Waals surface area contributed by atoms with Crippen LogP contribution in [0.3, 0.4) is 0 Å². The number of rotatable bonds is 19. The van der Waals surface area contributed by atoms with Crippen LogP contribution in [0.25, 0.3) is 31.0 Å². The topological polar surface area (TPSA) is 169 Å². The number of benzene rings is 4. The Labute approximate surface area is 391 Å². The predicted molar refractivity (Wildman–Crippen MR) is 254 cm³/mol. The predicted octanol–water partition coefficient (Wildman–Crippen LogP) is 8.81. The number of aromatic nitrogens is 1. The Bertz CT molecular complexity index is 2590. The Morgan fingerprint density at radius 2 is 1.56 bits per heavy atom. The molecule has 13 nitrogen and oxygen atoms in total. The van der Waals surface area contributed by atoms with Crippen LogP contribution in [-0.2, 0) is 23.9 Å². The number of halogens is 1. The van der Waals surface area contributed by atoms with E-state index >= 15 is 0 Å². The SMILES string of the molecule is Cc1ncsc1-c1ccc(C(C)NC(=O)[C@@H]2C[C@@H](O)CN2C(=O)C(NC(=O)COCCOCCCOc2ccc(Oc3c(-c4ccc(F)cc4)sc4cc(O)ccc34)cc2)C(C)(C)C)cc1. The van der Waals surface area contributed by atoms with Gasteiger partial charge in [-0.1, -0.05) is 57.2 Å². The van der Waals surface area contributed by atoms with Gasteiger partial charge in [-0.2, -0.15) is 0 Å². The molecule has 1 aliphatic rings. The van der Waals surface area contributed by atoms with Gasteiger partial charge in [-0.05, 0) is 90.6 Å². The molecule has 2 aromatic heterocycles. The third kappa shape index (κ3) is 12.1. The monoisotopic (exact) mass is 938 g/mol. The van der Waals surface area contributed by atoms with Crippen molar-refractivity contribution in [2.24, 2.45) is 5.41 Å². The summed E-state index contributed by atoms with van der Waals surface area (Å²) in [5, 5.41) is 27.3. The number of phenols is 1. The molecular formula is C50H55FN4O9S2. The molecule has 0 spiro atoms. The van der Waals surface area contributed by atoms with E-state index in [9.17, 15) is 29.0 Å². The van der Waals surface area contributed by atoms with Gasteiger partial charge < -0.3 is 44.7 Å². The molecule has 16 heteroatoms. The van der Waals surface area contributed by atoms with Gasteiger partial charge in [0.25, 0.3) is 0 Å². The minimum absolute atomic E-state index is 0.0276. The van der Waals surface area contributed by atoms with Gasteiger partial charge in [0.1, 0.15) is 41.8 Å². The number of aliphatic hydroxyl groups excluding tert-OH is 1. The lowest BCUT2D eigenvalue weighted by molar-refractivity contribution is -0.144. The van der Waals surface area contributed by atoms with Crippen LogP contribution in [0.2, 0.25) is 0 Å². The van der Waals surface area contributed by atoms with Crippen LogP contribution >= 0.6 is 22.7 Å². The number of aromatic hydroxyl groups is 1. The van der Waals surface area contributed by atoms with Crippen molar-refractivity contribution in [1.29, 1.82) is 0 Å². The van der Waals surface area contributed by atoms with Crippen LogP contribution in [-0.4, -0.2) is 95.6 Å². The molecular weight excluding hydrogens is 884 g/mol. The lowest BCUT2D eigenvalue weighted by Gasteiger charge is -2.35. The summed E-state index contributed by atoms with van der Waals surface area (Å²) in [4.78, 5) is 48.3. The van der Waals surface area contributed by atoms with Gasteiger partial charge in [0.15, 0.2) is 5.75 Å². The maximum atomic E-state index is 14.0. The summed E-state index contributed by atoms with van der Waals surface area (Å²) in [6.07, 6.45) is -0.197. The smallest absolute Gasteiger partial charge is 0.246 e. The zero-order chi connectivity index (χ0) is 47.0. The molecule has 2 unspecified atom stereocenters. The summed E-state index contributed by atoms with van der Waals surface area (Å²) < 4.78 is 38.0. The highest BCUT2D eigenvalue weighted by Crippen LogP contribution is 2.47. The highest BCUT2D eigenvalue weighted by molar-refractivity contribution is 7.22. The quantitative estimate of drug-likeness (QED) is 0.0576. The average Bonchev–Trinajstić information content (AvgIpc) is 4.01. The number of nitrogens with zero attached hydrogens (tertiary/aromatic N) is 2. The number of nitrogens with one attached hydrogen (secondary N) is 2. The lowest BCUT2D eigenvalue weighted by Crippen LogP contribution is -2.58. The number of ether oxygens (including phenoxy) is 4. The summed E-state index contributed by atoms with van der Waals surface area (Å²) >= 11 is 3.02. The Morgan fingerprint density at radius 1 is 0.879 bits per heavy atom. The van der Waals surface area contributed by atoms with Gasteiger partial charge in [0.05, 0.1) is 52.9 Å². The normalized spacial score (nSPS) is 16.0. The molecule has 3 heterocycles. The van der Waals surface area contributed by atoms with Crippen LogP contribution in [0.1, 0.15) is 57.8 Å². The molecule has 1 aliphatic heterocycles. The van der Waals surface area contributed by atoms with Gasteiger partial charge >= 0.3 is 0 Å². The number of likely N-dealkylation sites (tertiary alicyclic amines) is 1. The van der Waals surface area contributed by atoms with Crippen LogP contribution in [0.4, 0.5) is 4.39 Å². The number of thiophene rings is 1. The fourth-order valence-electron chi connectivity index (χ4n) is 7.63. The standard InChI is InChI=1S/C50H55FN4O9S2/c1-30(32-7-9-33(10-8-32)45-31(2)52-29-65-45)53-48(59)41-25-37(57)27-55(41)49(60)47(50(3,4)5)54-43(58)28-62-24-23-61-21-6-22-63-38-16-18-39(19-17-38)64-44-40-20-15-36(56)26-42(40)66-46(44)34-11-13-35(51)14-12-34/h7-20,26,29-30,37,41,47,56-57H,6,21-25,27-28H2,1-5H3,(H,53,59)(H,54,58)/t30?,37-,41+,47?/m1/s1. The maximum absolute atomic E-state index is 14.0. The number of thiazole rings is 1. The number of aliphatic hydroxyl groups is 1. The number of aryl methyl sites for hydroxylation is 1. The van der Waals surface area contributed by atoms with E-state index in [1.807, 2.05) is 76.5 Å². The van der Waals surface area contributed by atoms with Crippen LogP contribution in [0, 0.1) is 18.2 Å². The number of phenolic OH excluding ortho intramolecular Hbond substituents is 1. The lowest BCUT2D eigenvalue weighted by atomic mass is 9.85. The Balaban J connectivity index is 0.812. The molecule has 0 radical (unpaired) electrons. The van der Waals surface area contributed by atoms with Crippen molar-refractivity contribution in [3.63, 3.8) is 0 Å². The third-order valence-electron chi connectivity index (χ3n) is 11.1. The number of carbonyl (C=O) groups is 3. The minimum atomic E-state index is -0.979. The third-order valence-corrected chi connectivity index (χ3v) is 13.3. The molecule has 7 rings (SSSR count). The van der Waals surface area contributed by atoms with Crippen molar-refractivity contribution >= 4 is 50.5 Å². The number of hydrogen-bond donors (Lipinski definition) is 4. The molecule has 0 saturated carbocycles. The van der Waals surface area contributed by atoms with E-state index in [4.69, 9.17) is 18.9 Å². The zero-order valence-electron chi connectivity index (χ0n) is 37.5. The number of fused-ring (bicyclic) bond motifs is 1. The first kappa shape index (κ1) is 48.0. The number of amides is 3. The molecule has 1 saturated heterocycles. The maximum Gasteiger partial charge on any atom is 0.246 e. The average molecular weight is 939 g/mol. The van der Waals surface area contributed by atoms with Crippen LogP contribution < -0.4 is 20.1 Å². The number of carbonyl (C=O) groups excluding carboxylic acids is 3. The Kier molecular flexibility index (Phi) is 15.7. The van der Waals surface area contributed by atoms with Gasteiger partial charge in [-0.3, -0.25) is 14.4 Å². The fraction of sp³-hybridized carbons (Fsp3) is 0.360. The van der Waals surface area contributed by atoms with Crippen molar-refractivity contribution in [3.05, 3.63) is 114 Å². The summed E-state index contributed by atoms with van der Waals surface area (Å²) in [7, 11) is 0. The second-order valence-corrected chi connectivity index (χ2v) is 19.2. The number of hydrogen-bond acceptors (Lipinski definition) is 12. The van der Waals surface area contributed by atoms with E-state index in [0.29, 0.717) is 36.9 Å². The summed E-state index contributed by atoms with van der Waals surface area (Å²) in [5.74, 6) is 0.347. The van der Waals surface area contributed by atoms with Crippen LogP contribution in [0.15, 0.2) is 96.5 Å². The first-order valence-electron chi connectivity index (χ1n) is 21.8.